The first-order valence-electron chi connectivity index (χ1n) is 5.32. The van der Waals surface area contributed by atoms with Gasteiger partial charge < -0.3 is 15.4 Å². The molecular weight excluding hydrogens is 223 g/mol. The van der Waals surface area contributed by atoms with Crippen LogP contribution in [0.25, 0.3) is 10.9 Å². The summed E-state index contributed by atoms with van der Waals surface area (Å²) in [5.74, 6) is -1.49. The van der Waals surface area contributed by atoms with E-state index in [9.17, 15) is 9.18 Å². The second-order valence-corrected chi connectivity index (χ2v) is 3.81. The smallest absolute Gasteiger partial charge is 0.326 e. The maximum atomic E-state index is 13.7. The number of rotatable bonds is 3. The van der Waals surface area contributed by atoms with Gasteiger partial charge in [0.1, 0.15) is 11.9 Å². The Morgan fingerprint density at radius 2 is 2.29 bits per heavy atom. The van der Waals surface area contributed by atoms with Crippen molar-refractivity contribution in [2.45, 2.75) is 19.5 Å². The normalized spacial score (nSPS) is 12.9. The Bertz CT molecular complexity index is 577. The third-order valence-electron chi connectivity index (χ3n) is 2.80. The van der Waals surface area contributed by atoms with Gasteiger partial charge in [0, 0.05) is 17.6 Å². The average Bonchev–Trinajstić information content (AvgIpc) is 2.67. The van der Waals surface area contributed by atoms with Crippen molar-refractivity contribution < 1.29 is 14.3 Å². The van der Waals surface area contributed by atoms with Gasteiger partial charge in [0.05, 0.1) is 5.52 Å². The summed E-state index contributed by atoms with van der Waals surface area (Å²) < 4.78 is 15.3. The number of nitrogens with two attached hydrogens (primary N) is 1. The van der Waals surface area contributed by atoms with E-state index < -0.39 is 12.0 Å². The van der Waals surface area contributed by atoms with Crippen molar-refractivity contribution >= 4 is 16.9 Å². The fourth-order valence-electron chi connectivity index (χ4n) is 2.02. The van der Waals surface area contributed by atoms with Crippen LogP contribution < -0.4 is 5.73 Å². The number of aryl methyl sites for hydroxylation is 1. The van der Waals surface area contributed by atoms with Crippen LogP contribution >= 0.6 is 0 Å². The zero-order chi connectivity index (χ0) is 12.6. The number of benzene rings is 1. The van der Waals surface area contributed by atoms with Gasteiger partial charge in [-0.15, -0.1) is 0 Å². The Balaban J connectivity index is 2.73. The summed E-state index contributed by atoms with van der Waals surface area (Å²) in [5.41, 5.74) is 6.41. The highest BCUT2D eigenvalue weighted by atomic mass is 19.1. The second-order valence-electron chi connectivity index (χ2n) is 3.81. The van der Waals surface area contributed by atoms with E-state index in [0.717, 1.165) is 0 Å². The summed E-state index contributed by atoms with van der Waals surface area (Å²) >= 11 is 0. The molecule has 1 atom stereocenters. The molecule has 1 heterocycles. The standard InChI is InChI=1S/C12H13FN2O2/c1-2-15-9(10(14)12(16)17)6-7-4-3-5-8(13)11(7)15/h3-6,10H,2,14H2,1H3,(H,16,17). The molecule has 90 valence electrons. The van der Waals surface area contributed by atoms with Crippen molar-refractivity contribution in [3.63, 3.8) is 0 Å². The van der Waals surface area contributed by atoms with Crippen molar-refractivity contribution in [2.75, 3.05) is 0 Å². The van der Waals surface area contributed by atoms with E-state index in [4.69, 9.17) is 10.8 Å². The van der Waals surface area contributed by atoms with Gasteiger partial charge in [-0.25, -0.2) is 4.39 Å². The van der Waals surface area contributed by atoms with Gasteiger partial charge in [0.2, 0.25) is 0 Å². The second kappa shape index (κ2) is 4.18. The van der Waals surface area contributed by atoms with E-state index in [0.29, 0.717) is 23.1 Å². The lowest BCUT2D eigenvalue weighted by atomic mass is 10.2. The van der Waals surface area contributed by atoms with Crippen LogP contribution in [0.1, 0.15) is 18.7 Å². The molecule has 1 aromatic carbocycles. The van der Waals surface area contributed by atoms with Crippen molar-refractivity contribution in [3.8, 4) is 0 Å². The number of halogens is 1. The number of para-hydroxylation sites is 1. The maximum absolute atomic E-state index is 13.7. The lowest BCUT2D eigenvalue weighted by Crippen LogP contribution is -2.23. The molecule has 0 saturated heterocycles. The van der Waals surface area contributed by atoms with E-state index in [1.54, 1.807) is 22.8 Å². The van der Waals surface area contributed by atoms with Gasteiger partial charge >= 0.3 is 5.97 Å². The van der Waals surface area contributed by atoms with Gasteiger partial charge in [-0.1, -0.05) is 12.1 Å². The van der Waals surface area contributed by atoms with Crippen LogP contribution in [0.3, 0.4) is 0 Å². The SMILES string of the molecule is CCn1c(C(N)C(=O)O)cc2cccc(F)c21. The van der Waals surface area contributed by atoms with Crippen molar-refractivity contribution in [2.24, 2.45) is 5.73 Å². The van der Waals surface area contributed by atoms with E-state index in [-0.39, 0.29) is 5.82 Å². The van der Waals surface area contributed by atoms with Crippen LogP contribution in [0.2, 0.25) is 0 Å². The first-order chi connectivity index (χ1) is 8.06. The molecule has 5 heteroatoms. The first-order valence-corrected chi connectivity index (χ1v) is 5.32. The molecule has 0 saturated carbocycles. The number of fused-ring (bicyclic) bond motifs is 1. The molecule has 3 N–H and O–H groups in total. The fraction of sp³-hybridized carbons (Fsp3) is 0.250. The molecule has 2 rings (SSSR count). The monoisotopic (exact) mass is 236 g/mol. The van der Waals surface area contributed by atoms with Crippen molar-refractivity contribution in [1.29, 1.82) is 0 Å². The molecular formula is C12H13FN2O2. The Labute approximate surface area is 97.5 Å². The Morgan fingerprint density at radius 1 is 1.59 bits per heavy atom. The van der Waals surface area contributed by atoms with E-state index in [1.165, 1.54) is 6.07 Å². The molecule has 1 aromatic heterocycles. The van der Waals surface area contributed by atoms with Crippen LogP contribution in [0.15, 0.2) is 24.3 Å². The van der Waals surface area contributed by atoms with Crippen LogP contribution in [-0.2, 0) is 11.3 Å². The Hall–Kier alpha value is -1.88. The number of carbonyl (C=O) groups is 1. The minimum atomic E-state index is -1.14. The summed E-state index contributed by atoms with van der Waals surface area (Å²) in [6.07, 6.45) is 0. The summed E-state index contributed by atoms with van der Waals surface area (Å²) in [6.45, 7) is 2.30. The molecule has 0 radical (unpaired) electrons. The third kappa shape index (κ3) is 1.78. The molecule has 0 aliphatic carbocycles. The lowest BCUT2D eigenvalue weighted by molar-refractivity contribution is -0.138. The van der Waals surface area contributed by atoms with E-state index in [1.807, 2.05) is 6.92 Å². The highest BCUT2D eigenvalue weighted by Gasteiger charge is 2.21. The highest BCUT2D eigenvalue weighted by molar-refractivity contribution is 5.85. The zero-order valence-electron chi connectivity index (χ0n) is 9.35. The molecule has 0 amide bonds. The summed E-state index contributed by atoms with van der Waals surface area (Å²) in [5, 5.41) is 9.58. The number of hydrogen-bond acceptors (Lipinski definition) is 2. The van der Waals surface area contributed by atoms with Crippen LogP contribution in [0.4, 0.5) is 4.39 Å². The number of carboxylic acids is 1. The molecule has 1 unspecified atom stereocenters. The molecule has 0 aliphatic heterocycles. The van der Waals surface area contributed by atoms with E-state index >= 15 is 0 Å². The molecule has 0 aliphatic rings. The summed E-state index contributed by atoms with van der Waals surface area (Å²) in [4.78, 5) is 10.9. The van der Waals surface area contributed by atoms with Gasteiger partial charge in [-0.2, -0.15) is 0 Å². The first kappa shape index (κ1) is 11.6. The van der Waals surface area contributed by atoms with Gasteiger partial charge in [-0.05, 0) is 19.1 Å². The molecule has 17 heavy (non-hydrogen) atoms. The molecule has 2 aromatic rings. The van der Waals surface area contributed by atoms with Gasteiger partial charge in [0.25, 0.3) is 0 Å². The number of aliphatic carboxylic acids is 1. The summed E-state index contributed by atoms with van der Waals surface area (Å²) in [6, 6.07) is 5.17. The molecule has 0 bridgehead atoms. The Kier molecular flexibility index (Phi) is 2.85. The van der Waals surface area contributed by atoms with Crippen LogP contribution in [0, 0.1) is 5.82 Å². The predicted octanol–water partition coefficient (Wildman–Crippen LogP) is 1.88. The quantitative estimate of drug-likeness (QED) is 0.855. The maximum Gasteiger partial charge on any atom is 0.326 e. The summed E-state index contributed by atoms with van der Waals surface area (Å²) in [7, 11) is 0. The third-order valence-corrected chi connectivity index (χ3v) is 2.80. The lowest BCUT2D eigenvalue weighted by Gasteiger charge is -2.11. The predicted molar refractivity (Wildman–Crippen MR) is 62.1 cm³/mol. The van der Waals surface area contributed by atoms with Gasteiger partial charge in [0.15, 0.2) is 0 Å². The average molecular weight is 236 g/mol. The Morgan fingerprint density at radius 3 is 2.88 bits per heavy atom. The number of nitrogens with zero attached hydrogens (tertiary/aromatic N) is 1. The molecule has 4 nitrogen and oxygen atoms in total. The minimum Gasteiger partial charge on any atom is -0.480 e. The number of carboxylic acid groups (broad SMARTS) is 1. The zero-order valence-corrected chi connectivity index (χ0v) is 9.35. The fourth-order valence-corrected chi connectivity index (χ4v) is 2.02. The highest BCUT2D eigenvalue weighted by Crippen LogP contribution is 2.25. The number of aromatic nitrogens is 1. The van der Waals surface area contributed by atoms with Crippen molar-refractivity contribution in [3.05, 3.63) is 35.8 Å². The largest absolute Gasteiger partial charge is 0.480 e. The van der Waals surface area contributed by atoms with Gasteiger partial charge in [-0.3, -0.25) is 4.79 Å². The minimum absolute atomic E-state index is 0.367. The van der Waals surface area contributed by atoms with Crippen molar-refractivity contribution in [1.82, 2.24) is 4.57 Å². The van der Waals surface area contributed by atoms with Crippen LogP contribution in [0.5, 0.6) is 0 Å². The number of hydrogen-bond donors (Lipinski definition) is 2. The van der Waals surface area contributed by atoms with Crippen LogP contribution in [-0.4, -0.2) is 15.6 Å². The molecule has 0 fully saturated rings. The topological polar surface area (TPSA) is 68.2 Å². The molecule has 0 spiro atoms. The van der Waals surface area contributed by atoms with E-state index in [2.05, 4.69) is 0 Å².